The van der Waals surface area contributed by atoms with Crippen molar-refractivity contribution < 1.29 is 13.9 Å². The highest BCUT2D eigenvalue weighted by molar-refractivity contribution is 7.99. The van der Waals surface area contributed by atoms with E-state index in [-0.39, 0.29) is 11.6 Å². The molecular formula is C12H13FO2S. The Kier molecular flexibility index (Phi) is 3.61. The molecule has 2 rings (SSSR count). The number of ether oxygens (including phenoxy) is 1. The first-order chi connectivity index (χ1) is 7.68. The minimum absolute atomic E-state index is 0.107. The van der Waals surface area contributed by atoms with Crippen molar-refractivity contribution in [3.05, 3.63) is 35.1 Å². The summed E-state index contributed by atoms with van der Waals surface area (Å²) in [4.78, 5) is 12.1. The summed E-state index contributed by atoms with van der Waals surface area (Å²) in [5.74, 6) is 1.10. The molecule has 0 bridgehead atoms. The van der Waals surface area contributed by atoms with Crippen LogP contribution < -0.4 is 0 Å². The van der Waals surface area contributed by atoms with E-state index in [0.717, 1.165) is 11.3 Å². The molecule has 1 aromatic rings. The fraction of sp³-hybridized carbons (Fsp3) is 0.417. The van der Waals surface area contributed by atoms with Crippen molar-refractivity contribution in [3.63, 3.8) is 0 Å². The SMILES string of the molecule is Cc1ccc(F)cc1C(=O)C1CSCCO1. The van der Waals surface area contributed by atoms with Gasteiger partial charge in [0.1, 0.15) is 11.9 Å². The monoisotopic (exact) mass is 240 g/mol. The van der Waals surface area contributed by atoms with Crippen LogP contribution in [-0.4, -0.2) is 30.0 Å². The molecule has 86 valence electrons. The maximum absolute atomic E-state index is 13.1. The van der Waals surface area contributed by atoms with Crippen LogP contribution in [0.5, 0.6) is 0 Å². The van der Waals surface area contributed by atoms with Gasteiger partial charge in [0, 0.05) is 17.1 Å². The summed E-state index contributed by atoms with van der Waals surface area (Å²) in [5, 5.41) is 0. The zero-order valence-electron chi connectivity index (χ0n) is 9.03. The van der Waals surface area contributed by atoms with E-state index in [2.05, 4.69) is 0 Å². The highest BCUT2D eigenvalue weighted by Gasteiger charge is 2.24. The standard InChI is InChI=1S/C12H13FO2S/c1-8-2-3-9(13)6-10(8)12(14)11-7-16-5-4-15-11/h2-3,6,11H,4-5,7H2,1H3. The molecule has 0 aromatic heterocycles. The largest absolute Gasteiger partial charge is 0.368 e. The van der Waals surface area contributed by atoms with Crippen molar-refractivity contribution in [2.24, 2.45) is 0 Å². The number of Topliss-reactive ketones (excluding diaryl/α,β-unsaturated/α-hetero) is 1. The van der Waals surface area contributed by atoms with Gasteiger partial charge in [-0.1, -0.05) is 6.07 Å². The van der Waals surface area contributed by atoms with Gasteiger partial charge < -0.3 is 4.74 Å². The summed E-state index contributed by atoms with van der Waals surface area (Å²) in [6.45, 7) is 2.40. The van der Waals surface area contributed by atoms with Crippen LogP contribution in [0.4, 0.5) is 4.39 Å². The molecule has 1 aliphatic heterocycles. The molecule has 1 aliphatic rings. The molecule has 1 heterocycles. The molecule has 1 unspecified atom stereocenters. The molecular weight excluding hydrogens is 227 g/mol. The third-order valence-corrected chi connectivity index (χ3v) is 3.57. The lowest BCUT2D eigenvalue weighted by Crippen LogP contribution is -2.32. The summed E-state index contributed by atoms with van der Waals surface area (Å²) in [6.07, 6.45) is -0.417. The average Bonchev–Trinajstić information content (AvgIpc) is 2.32. The summed E-state index contributed by atoms with van der Waals surface area (Å²) >= 11 is 1.70. The van der Waals surface area contributed by atoms with E-state index in [0.29, 0.717) is 17.9 Å². The van der Waals surface area contributed by atoms with Gasteiger partial charge >= 0.3 is 0 Å². The lowest BCUT2D eigenvalue weighted by Gasteiger charge is -2.21. The van der Waals surface area contributed by atoms with Crippen LogP contribution in [0, 0.1) is 12.7 Å². The van der Waals surface area contributed by atoms with E-state index < -0.39 is 6.10 Å². The van der Waals surface area contributed by atoms with Gasteiger partial charge in [0.15, 0.2) is 5.78 Å². The molecule has 2 nitrogen and oxygen atoms in total. The molecule has 1 fully saturated rings. The predicted molar refractivity (Wildman–Crippen MR) is 62.5 cm³/mol. The van der Waals surface area contributed by atoms with Crippen molar-refractivity contribution in [3.8, 4) is 0 Å². The zero-order valence-corrected chi connectivity index (χ0v) is 9.85. The molecule has 0 N–H and O–H groups in total. The zero-order chi connectivity index (χ0) is 11.5. The summed E-state index contributed by atoms with van der Waals surface area (Å²) in [5.41, 5.74) is 1.23. The highest BCUT2D eigenvalue weighted by atomic mass is 32.2. The first-order valence-corrected chi connectivity index (χ1v) is 6.33. The summed E-state index contributed by atoms with van der Waals surface area (Å²) in [6, 6.07) is 4.28. The Labute approximate surface area is 98.2 Å². The summed E-state index contributed by atoms with van der Waals surface area (Å²) in [7, 11) is 0. The van der Waals surface area contributed by atoms with Crippen LogP contribution >= 0.6 is 11.8 Å². The maximum Gasteiger partial charge on any atom is 0.192 e. The number of benzene rings is 1. The molecule has 0 radical (unpaired) electrons. The van der Waals surface area contributed by atoms with E-state index in [4.69, 9.17) is 4.74 Å². The number of thioether (sulfide) groups is 1. The molecule has 0 amide bonds. The van der Waals surface area contributed by atoms with Crippen LogP contribution in [0.2, 0.25) is 0 Å². The predicted octanol–water partition coefficient (Wildman–Crippen LogP) is 2.45. The van der Waals surface area contributed by atoms with Crippen LogP contribution in [0.3, 0.4) is 0 Å². The Morgan fingerprint density at radius 2 is 2.38 bits per heavy atom. The van der Waals surface area contributed by atoms with E-state index in [9.17, 15) is 9.18 Å². The first kappa shape index (κ1) is 11.6. The molecule has 1 atom stereocenters. The highest BCUT2D eigenvalue weighted by Crippen LogP contribution is 2.19. The van der Waals surface area contributed by atoms with Crippen LogP contribution in [-0.2, 0) is 4.74 Å². The lowest BCUT2D eigenvalue weighted by molar-refractivity contribution is 0.0518. The molecule has 1 aromatic carbocycles. The Bertz CT molecular complexity index is 400. The second-order valence-corrected chi connectivity index (χ2v) is 4.91. The first-order valence-electron chi connectivity index (χ1n) is 5.18. The molecule has 4 heteroatoms. The number of carbonyl (C=O) groups is 1. The molecule has 0 saturated carbocycles. The number of rotatable bonds is 2. The number of ketones is 1. The van der Waals surface area contributed by atoms with E-state index in [1.54, 1.807) is 17.8 Å². The van der Waals surface area contributed by atoms with Gasteiger partial charge in [-0.2, -0.15) is 11.8 Å². The van der Waals surface area contributed by atoms with Gasteiger partial charge in [0.2, 0.25) is 0 Å². The third-order valence-electron chi connectivity index (χ3n) is 2.57. The third kappa shape index (κ3) is 2.44. The van der Waals surface area contributed by atoms with Gasteiger partial charge in [-0.05, 0) is 24.6 Å². The second-order valence-electron chi connectivity index (χ2n) is 3.76. The number of carbonyl (C=O) groups excluding carboxylic acids is 1. The van der Waals surface area contributed by atoms with E-state index >= 15 is 0 Å². The topological polar surface area (TPSA) is 26.3 Å². The Morgan fingerprint density at radius 3 is 3.06 bits per heavy atom. The van der Waals surface area contributed by atoms with Crippen LogP contribution in [0.1, 0.15) is 15.9 Å². The van der Waals surface area contributed by atoms with Gasteiger partial charge in [-0.3, -0.25) is 4.79 Å². The fourth-order valence-electron chi connectivity index (χ4n) is 1.67. The van der Waals surface area contributed by atoms with Gasteiger partial charge in [-0.25, -0.2) is 4.39 Å². The number of aryl methyl sites for hydroxylation is 1. The van der Waals surface area contributed by atoms with Crippen molar-refractivity contribution in [2.45, 2.75) is 13.0 Å². The van der Waals surface area contributed by atoms with Crippen molar-refractivity contribution in [1.29, 1.82) is 0 Å². The molecule has 1 saturated heterocycles. The quantitative estimate of drug-likeness (QED) is 0.743. The number of hydrogen-bond acceptors (Lipinski definition) is 3. The van der Waals surface area contributed by atoms with E-state index in [1.165, 1.54) is 12.1 Å². The Hall–Kier alpha value is -0.870. The van der Waals surface area contributed by atoms with Gasteiger partial charge in [-0.15, -0.1) is 0 Å². The van der Waals surface area contributed by atoms with Crippen molar-refractivity contribution >= 4 is 17.5 Å². The van der Waals surface area contributed by atoms with Gasteiger partial charge in [0.25, 0.3) is 0 Å². The second kappa shape index (κ2) is 4.97. The lowest BCUT2D eigenvalue weighted by atomic mass is 10.0. The van der Waals surface area contributed by atoms with Gasteiger partial charge in [0.05, 0.1) is 6.61 Å². The van der Waals surface area contributed by atoms with E-state index in [1.807, 2.05) is 6.92 Å². The number of hydrogen-bond donors (Lipinski definition) is 0. The fourth-order valence-corrected chi connectivity index (χ4v) is 2.51. The average molecular weight is 240 g/mol. The summed E-state index contributed by atoms with van der Waals surface area (Å²) < 4.78 is 18.5. The number of halogens is 1. The maximum atomic E-state index is 13.1. The smallest absolute Gasteiger partial charge is 0.192 e. The normalized spacial score (nSPS) is 20.8. The van der Waals surface area contributed by atoms with Crippen molar-refractivity contribution in [2.75, 3.05) is 18.1 Å². The molecule has 0 aliphatic carbocycles. The minimum Gasteiger partial charge on any atom is -0.368 e. The minimum atomic E-state index is -0.417. The molecule has 16 heavy (non-hydrogen) atoms. The van der Waals surface area contributed by atoms with Crippen LogP contribution in [0.15, 0.2) is 18.2 Å². The molecule has 0 spiro atoms. The Balaban J connectivity index is 2.22. The van der Waals surface area contributed by atoms with Crippen molar-refractivity contribution in [1.82, 2.24) is 0 Å². The Morgan fingerprint density at radius 1 is 1.56 bits per heavy atom. The van der Waals surface area contributed by atoms with Crippen LogP contribution in [0.25, 0.3) is 0 Å².